The van der Waals surface area contributed by atoms with E-state index >= 15 is 0 Å². The van der Waals surface area contributed by atoms with Gasteiger partial charge in [-0.25, -0.2) is 4.39 Å². The second-order valence-corrected chi connectivity index (χ2v) is 2.95. The van der Waals surface area contributed by atoms with E-state index in [0.29, 0.717) is 11.1 Å². The molecule has 1 rings (SSSR count). The van der Waals surface area contributed by atoms with Gasteiger partial charge in [-0.2, -0.15) is 0 Å². The van der Waals surface area contributed by atoms with Gasteiger partial charge in [0, 0.05) is 6.07 Å². The lowest BCUT2D eigenvalue weighted by atomic mass is 10.0. The molecule has 0 saturated heterocycles. The van der Waals surface area contributed by atoms with Gasteiger partial charge in [-0.15, -0.1) is 0 Å². The van der Waals surface area contributed by atoms with Crippen molar-refractivity contribution in [1.29, 1.82) is 0 Å². The van der Waals surface area contributed by atoms with E-state index in [1.54, 1.807) is 6.92 Å². The van der Waals surface area contributed by atoms with Crippen molar-refractivity contribution in [2.45, 2.75) is 6.92 Å². The van der Waals surface area contributed by atoms with Gasteiger partial charge in [-0.3, -0.25) is 4.79 Å². The summed E-state index contributed by atoms with van der Waals surface area (Å²) in [4.78, 5) is 11.5. The molecule has 0 fully saturated rings. The molecular formula is C11H11FO2. The molecule has 0 bridgehead atoms. The monoisotopic (exact) mass is 194 g/mol. The number of hydrogen-bond acceptors (Lipinski definition) is 2. The summed E-state index contributed by atoms with van der Waals surface area (Å²) in [5.41, 5.74) is 0.733. The molecule has 0 atom stereocenters. The fourth-order valence-corrected chi connectivity index (χ4v) is 1.08. The Morgan fingerprint density at radius 1 is 1.50 bits per heavy atom. The molecule has 0 N–H and O–H groups in total. The molecule has 0 aliphatic carbocycles. The molecule has 0 radical (unpaired) electrons. The van der Waals surface area contributed by atoms with Crippen LogP contribution in [-0.4, -0.2) is 12.9 Å². The summed E-state index contributed by atoms with van der Waals surface area (Å²) in [5, 5.41) is 0. The lowest BCUT2D eigenvalue weighted by molar-refractivity contribution is 0.103. The Bertz CT molecular complexity index is 383. The van der Waals surface area contributed by atoms with Gasteiger partial charge in [0.25, 0.3) is 0 Å². The standard InChI is InChI=1S/C11H11FO2/c1-7(2)11(13)9-5-4-8(12)6-10(9)14-3/h4-6H,1H2,2-3H3. The summed E-state index contributed by atoms with van der Waals surface area (Å²) in [7, 11) is 1.39. The first-order valence-corrected chi connectivity index (χ1v) is 4.10. The van der Waals surface area contributed by atoms with Crippen molar-refractivity contribution in [3.8, 4) is 5.75 Å². The fraction of sp³-hybridized carbons (Fsp3) is 0.182. The van der Waals surface area contributed by atoms with Gasteiger partial charge in [0.1, 0.15) is 11.6 Å². The third-order valence-electron chi connectivity index (χ3n) is 1.80. The molecule has 1 aromatic carbocycles. The minimum absolute atomic E-state index is 0.234. The van der Waals surface area contributed by atoms with Crippen LogP contribution in [0.2, 0.25) is 0 Å². The topological polar surface area (TPSA) is 26.3 Å². The summed E-state index contributed by atoms with van der Waals surface area (Å²) in [6.07, 6.45) is 0. The summed E-state index contributed by atoms with van der Waals surface area (Å²) < 4.78 is 17.7. The number of hydrogen-bond donors (Lipinski definition) is 0. The smallest absolute Gasteiger partial charge is 0.191 e. The Morgan fingerprint density at radius 2 is 2.14 bits per heavy atom. The molecule has 0 amide bonds. The van der Waals surface area contributed by atoms with Gasteiger partial charge in [0.05, 0.1) is 12.7 Å². The van der Waals surface area contributed by atoms with Crippen LogP contribution in [0.15, 0.2) is 30.4 Å². The number of ketones is 1. The van der Waals surface area contributed by atoms with Crippen molar-refractivity contribution in [3.05, 3.63) is 41.7 Å². The summed E-state index contributed by atoms with van der Waals surface area (Å²) in [5.74, 6) is -0.431. The van der Waals surface area contributed by atoms with Crippen molar-refractivity contribution in [2.24, 2.45) is 0 Å². The number of rotatable bonds is 3. The number of carbonyl (C=O) groups is 1. The van der Waals surface area contributed by atoms with E-state index in [1.807, 2.05) is 0 Å². The van der Waals surface area contributed by atoms with Gasteiger partial charge >= 0.3 is 0 Å². The molecule has 0 aromatic heterocycles. The number of allylic oxidation sites excluding steroid dienone is 1. The molecule has 74 valence electrons. The molecule has 2 nitrogen and oxygen atoms in total. The van der Waals surface area contributed by atoms with Crippen LogP contribution >= 0.6 is 0 Å². The van der Waals surface area contributed by atoms with Crippen LogP contribution in [0.5, 0.6) is 5.75 Å². The largest absolute Gasteiger partial charge is 0.496 e. The highest BCUT2D eigenvalue weighted by molar-refractivity contribution is 6.09. The Morgan fingerprint density at radius 3 is 2.64 bits per heavy atom. The summed E-state index contributed by atoms with van der Waals surface area (Å²) in [6, 6.07) is 3.79. The molecule has 0 aliphatic heterocycles. The first kappa shape index (κ1) is 10.4. The normalized spacial score (nSPS) is 9.64. The molecule has 0 aliphatic rings. The van der Waals surface area contributed by atoms with Crippen molar-refractivity contribution in [1.82, 2.24) is 0 Å². The fourth-order valence-electron chi connectivity index (χ4n) is 1.08. The van der Waals surface area contributed by atoms with Crippen molar-refractivity contribution >= 4 is 5.78 Å². The minimum Gasteiger partial charge on any atom is -0.496 e. The Hall–Kier alpha value is -1.64. The van der Waals surface area contributed by atoms with E-state index in [9.17, 15) is 9.18 Å². The van der Waals surface area contributed by atoms with E-state index < -0.39 is 5.82 Å². The summed E-state index contributed by atoms with van der Waals surface area (Å²) >= 11 is 0. The number of halogens is 1. The second kappa shape index (κ2) is 4.05. The van der Waals surface area contributed by atoms with E-state index in [2.05, 4.69) is 6.58 Å². The number of Topliss-reactive ketones (excluding diaryl/α,β-unsaturated/α-hetero) is 1. The SMILES string of the molecule is C=C(C)C(=O)c1ccc(F)cc1OC. The van der Waals surface area contributed by atoms with Crippen LogP contribution in [0, 0.1) is 5.82 Å². The van der Waals surface area contributed by atoms with Crippen molar-refractivity contribution < 1.29 is 13.9 Å². The third-order valence-corrected chi connectivity index (χ3v) is 1.80. The maximum absolute atomic E-state index is 12.8. The molecule has 3 heteroatoms. The highest BCUT2D eigenvalue weighted by Crippen LogP contribution is 2.21. The maximum Gasteiger partial charge on any atom is 0.191 e. The predicted octanol–water partition coefficient (Wildman–Crippen LogP) is 2.59. The lowest BCUT2D eigenvalue weighted by Gasteiger charge is -2.06. The van der Waals surface area contributed by atoms with Crippen LogP contribution in [0.4, 0.5) is 4.39 Å². The predicted molar refractivity (Wildman–Crippen MR) is 52.1 cm³/mol. The van der Waals surface area contributed by atoms with E-state index in [0.717, 1.165) is 0 Å². The zero-order valence-corrected chi connectivity index (χ0v) is 8.13. The minimum atomic E-state index is -0.430. The number of ether oxygens (including phenoxy) is 1. The van der Waals surface area contributed by atoms with Gasteiger partial charge in [-0.05, 0) is 24.6 Å². The molecular weight excluding hydrogens is 183 g/mol. The number of methoxy groups -OCH3 is 1. The van der Waals surface area contributed by atoms with Crippen LogP contribution in [0.3, 0.4) is 0 Å². The van der Waals surface area contributed by atoms with Crippen LogP contribution in [0.25, 0.3) is 0 Å². The molecule has 0 unspecified atom stereocenters. The third kappa shape index (κ3) is 1.99. The number of benzene rings is 1. The molecule has 14 heavy (non-hydrogen) atoms. The van der Waals surface area contributed by atoms with Gasteiger partial charge in [0.2, 0.25) is 0 Å². The Balaban J connectivity index is 3.20. The van der Waals surface area contributed by atoms with Crippen molar-refractivity contribution in [2.75, 3.05) is 7.11 Å². The summed E-state index contributed by atoms with van der Waals surface area (Å²) in [6.45, 7) is 5.13. The second-order valence-electron chi connectivity index (χ2n) is 2.95. The molecule has 1 aromatic rings. The Labute approximate surface area is 82.0 Å². The van der Waals surface area contributed by atoms with E-state index in [4.69, 9.17) is 4.74 Å². The number of carbonyl (C=O) groups excluding carboxylic acids is 1. The highest BCUT2D eigenvalue weighted by Gasteiger charge is 2.12. The Kier molecular flexibility index (Phi) is 3.02. The highest BCUT2D eigenvalue weighted by atomic mass is 19.1. The van der Waals surface area contributed by atoms with Gasteiger partial charge in [-0.1, -0.05) is 6.58 Å². The zero-order chi connectivity index (χ0) is 10.7. The first-order chi connectivity index (χ1) is 6.56. The first-order valence-electron chi connectivity index (χ1n) is 4.10. The van der Waals surface area contributed by atoms with Crippen LogP contribution in [0.1, 0.15) is 17.3 Å². The maximum atomic E-state index is 12.8. The average Bonchev–Trinajstić information content (AvgIpc) is 2.16. The van der Waals surface area contributed by atoms with Crippen LogP contribution in [-0.2, 0) is 0 Å². The average molecular weight is 194 g/mol. The van der Waals surface area contributed by atoms with E-state index in [-0.39, 0.29) is 11.5 Å². The van der Waals surface area contributed by atoms with Gasteiger partial charge in [0.15, 0.2) is 5.78 Å². The van der Waals surface area contributed by atoms with Crippen molar-refractivity contribution in [3.63, 3.8) is 0 Å². The van der Waals surface area contributed by atoms with Gasteiger partial charge < -0.3 is 4.74 Å². The molecule has 0 spiro atoms. The lowest BCUT2D eigenvalue weighted by Crippen LogP contribution is -2.02. The zero-order valence-electron chi connectivity index (χ0n) is 8.13. The quantitative estimate of drug-likeness (QED) is 0.546. The van der Waals surface area contributed by atoms with Crippen LogP contribution < -0.4 is 4.74 Å². The molecule has 0 saturated carbocycles. The molecule has 0 heterocycles. The van der Waals surface area contributed by atoms with E-state index in [1.165, 1.54) is 25.3 Å².